The molecule has 3 aromatic rings. The van der Waals surface area contributed by atoms with E-state index in [9.17, 15) is 13.2 Å². The number of amides is 1. The van der Waals surface area contributed by atoms with Gasteiger partial charge in [0.05, 0.1) is 27.0 Å². The zero-order valence-corrected chi connectivity index (χ0v) is 20.0. The average molecular weight is 476 g/mol. The quantitative estimate of drug-likeness (QED) is 0.358. The van der Waals surface area contributed by atoms with Crippen molar-refractivity contribution in [2.75, 3.05) is 25.6 Å². The van der Waals surface area contributed by atoms with E-state index in [-0.39, 0.29) is 43.6 Å². The van der Waals surface area contributed by atoms with E-state index in [0.717, 1.165) is 0 Å². The molecule has 3 rings (SSSR count). The maximum Gasteiger partial charge on any atom is 0.274 e. The van der Waals surface area contributed by atoms with E-state index in [0.29, 0.717) is 15.8 Å². The number of ether oxygens (including phenoxy) is 3. The molecule has 0 aliphatic heterocycles. The van der Waals surface area contributed by atoms with Crippen molar-refractivity contribution in [1.82, 2.24) is 0 Å². The van der Waals surface area contributed by atoms with Gasteiger partial charge in [0.15, 0.2) is 0 Å². The largest absolute Gasteiger partial charge is 0.497 e. The number of nitrogens with zero attached hydrogens (tertiary/aromatic N) is 1. The molecule has 10 radical (unpaired) electrons. The lowest BCUT2D eigenvalue weighted by atomic mass is 9.60. The Labute approximate surface area is 211 Å². The minimum atomic E-state index is -4.62. The molecule has 3 aromatic carbocycles. The Morgan fingerprint density at radius 1 is 0.714 bits per heavy atom. The third kappa shape index (κ3) is 4.69. The number of methoxy groups -OCH3 is 3. The van der Waals surface area contributed by atoms with Crippen molar-refractivity contribution in [1.29, 1.82) is 0 Å². The van der Waals surface area contributed by atoms with Crippen LogP contribution in [0.3, 0.4) is 0 Å². The van der Waals surface area contributed by atoms with E-state index in [2.05, 4.69) is 0 Å². The predicted octanol–water partition coefficient (Wildman–Crippen LogP) is -2.28. The summed E-state index contributed by atoms with van der Waals surface area (Å²) in [4.78, 5) is 13.5. The molecular weight excluding hydrogens is 460 g/mol. The summed E-state index contributed by atoms with van der Waals surface area (Å²) in [5.74, 6) is -0.398. The van der Waals surface area contributed by atoms with Crippen molar-refractivity contribution in [3.63, 3.8) is 0 Å². The number of carbonyl (C=O) groups is 1. The fourth-order valence-electron chi connectivity index (χ4n) is 3.35. The molecule has 35 heavy (non-hydrogen) atoms. The van der Waals surface area contributed by atoms with Gasteiger partial charge in [-0.25, -0.2) is 8.42 Å². The molecule has 0 heterocycles. The fraction of sp³-hybridized carbons (Fsp3) is 0.136. The summed E-state index contributed by atoms with van der Waals surface area (Å²) in [7, 11) is 29.2. The third-order valence-electron chi connectivity index (χ3n) is 5.29. The highest BCUT2D eigenvalue weighted by Crippen LogP contribution is 2.34. The van der Waals surface area contributed by atoms with Gasteiger partial charge in [0, 0.05) is 11.6 Å². The Kier molecular flexibility index (Phi) is 7.69. The standard InChI is InChI=1S/C22H16B5NO6S/c1-32-12-6-4-11(5-7-12)28(22(29)16-17(23)19(25)21(27)20(26)18(16)24)35(30,31)15-9-8-13(33-2)10-14(15)34-3/h4-10H,1-3H3. The van der Waals surface area contributed by atoms with Crippen LogP contribution in [0.1, 0.15) is 10.4 Å². The molecule has 0 N–H and O–H groups in total. The molecule has 0 saturated heterocycles. The fourth-order valence-corrected chi connectivity index (χ4v) is 4.89. The molecule has 0 unspecified atom stereocenters. The predicted molar refractivity (Wildman–Crippen MR) is 140 cm³/mol. The van der Waals surface area contributed by atoms with Crippen molar-refractivity contribution < 1.29 is 27.4 Å². The van der Waals surface area contributed by atoms with Crippen LogP contribution < -0.4 is 45.8 Å². The zero-order valence-electron chi connectivity index (χ0n) is 19.2. The topological polar surface area (TPSA) is 82.1 Å². The number of carbonyl (C=O) groups excluding carboxylic acids is 1. The van der Waals surface area contributed by atoms with E-state index in [4.69, 9.17) is 53.4 Å². The van der Waals surface area contributed by atoms with Crippen LogP contribution in [0.2, 0.25) is 0 Å². The molecule has 0 spiro atoms. The van der Waals surface area contributed by atoms with Crippen molar-refractivity contribution in [3.05, 3.63) is 48.0 Å². The lowest BCUT2D eigenvalue weighted by molar-refractivity contribution is 0.101. The van der Waals surface area contributed by atoms with E-state index in [1.165, 1.54) is 63.8 Å². The van der Waals surface area contributed by atoms with Crippen LogP contribution in [0.4, 0.5) is 5.69 Å². The highest BCUT2D eigenvalue weighted by molar-refractivity contribution is 7.93. The number of hydrogen-bond acceptors (Lipinski definition) is 6. The van der Waals surface area contributed by atoms with Crippen molar-refractivity contribution in [2.24, 2.45) is 0 Å². The lowest BCUT2D eigenvalue weighted by Crippen LogP contribution is -2.58. The van der Waals surface area contributed by atoms with Crippen molar-refractivity contribution in [2.45, 2.75) is 4.90 Å². The molecule has 0 aliphatic rings. The van der Waals surface area contributed by atoms with Crippen LogP contribution in [0.15, 0.2) is 47.4 Å². The van der Waals surface area contributed by atoms with Gasteiger partial charge in [-0.05, 0) is 36.4 Å². The molecular formula is C22H16B5NO6S. The molecule has 0 atom stereocenters. The summed E-state index contributed by atoms with van der Waals surface area (Å²) < 4.78 is 43.9. The molecule has 0 saturated carbocycles. The number of rotatable bonds is 7. The maximum atomic E-state index is 13.9. The van der Waals surface area contributed by atoms with Gasteiger partial charge in [-0.15, -0.1) is 16.4 Å². The molecule has 13 heteroatoms. The van der Waals surface area contributed by atoms with Gasteiger partial charge >= 0.3 is 0 Å². The van der Waals surface area contributed by atoms with Gasteiger partial charge in [-0.1, -0.05) is 10.9 Å². The Balaban J connectivity index is 2.33. The van der Waals surface area contributed by atoms with E-state index in [1.807, 2.05) is 0 Å². The van der Waals surface area contributed by atoms with E-state index >= 15 is 0 Å². The van der Waals surface area contributed by atoms with Gasteiger partial charge in [0.1, 0.15) is 61.4 Å². The van der Waals surface area contributed by atoms with Crippen molar-refractivity contribution >= 4 is 88.2 Å². The molecule has 166 valence electrons. The third-order valence-corrected chi connectivity index (χ3v) is 7.04. The highest BCUT2D eigenvalue weighted by Gasteiger charge is 2.36. The number of benzene rings is 3. The highest BCUT2D eigenvalue weighted by atomic mass is 32.2. The Hall–Kier alpha value is -3.20. The van der Waals surface area contributed by atoms with Crippen molar-refractivity contribution in [3.8, 4) is 17.2 Å². The van der Waals surface area contributed by atoms with Gasteiger partial charge in [-0.2, -0.15) is 4.31 Å². The average Bonchev–Trinajstić information content (AvgIpc) is 2.86. The first-order valence-corrected chi connectivity index (χ1v) is 11.4. The zero-order chi connectivity index (χ0) is 26.1. The molecule has 1 amide bonds. The van der Waals surface area contributed by atoms with Gasteiger partial charge in [-0.3, -0.25) is 4.79 Å². The van der Waals surface area contributed by atoms with Gasteiger partial charge in [0.2, 0.25) is 0 Å². The van der Waals surface area contributed by atoms with Crippen LogP contribution in [0.25, 0.3) is 0 Å². The van der Waals surface area contributed by atoms with Gasteiger partial charge in [0.25, 0.3) is 15.9 Å². The first-order chi connectivity index (χ1) is 16.5. The monoisotopic (exact) mass is 477 g/mol. The van der Waals surface area contributed by atoms with Crippen LogP contribution in [-0.4, -0.2) is 74.9 Å². The van der Waals surface area contributed by atoms with Crippen LogP contribution in [0, 0.1) is 0 Å². The second-order valence-electron chi connectivity index (χ2n) is 7.23. The van der Waals surface area contributed by atoms with E-state index < -0.39 is 21.5 Å². The van der Waals surface area contributed by atoms with Crippen LogP contribution >= 0.6 is 0 Å². The number of hydrogen-bond donors (Lipinski definition) is 0. The molecule has 7 nitrogen and oxygen atoms in total. The minimum Gasteiger partial charge on any atom is -0.497 e. The van der Waals surface area contributed by atoms with E-state index in [1.54, 1.807) is 0 Å². The van der Waals surface area contributed by atoms with Gasteiger partial charge < -0.3 is 14.2 Å². The minimum absolute atomic E-state index is 0.0403. The Morgan fingerprint density at radius 2 is 1.20 bits per heavy atom. The summed E-state index contributed by atoms with van der Waals surface area (Å²) in [6, 6.07) is 9.74. The summed E-state index contributed by atoms with van der Waals surface area (Å²) in [5, 5.41) is 0. The summed E-state index contributed by atoms with van der Waals surface area (Å²) >= 11 is 0. The number of sulfonamides is 1. The first kappa shape index (κ1) is 26.4. The second kappa shape index (κ2) is 10.2. The summed E-state index contributed by atoms with van der Waals surface area (Å²) in [6.07, 6.45) is 0. The second-order valence-corrected chi connectivity index (χ2v) is 8.99. The summed E-state index contributed by atoms with van der Waals surface area (Å²) in [5.41, 5.74) is -1.60. The van der Waals surface area contributed by atoms with Crippen LogP contribution in [-0.2, 0) is 10.0 Å². The Bertz CT molecular complexity index is 1370. The summed E-state index contributed by atoms with van der Waals surface area (Å²) in [6.45, 7) is 0. The smallest absolute Gasteiger partial charge is 0.274 e. The number of anilines is 1. The molecule has 0 fully saturated rings. The molecule has 0 aliphatic carbocycles. The molecule has 0 aromatic heterocycles. The maximum absolute atomic E-state index is 13.9. The molecule has 0 bridgehead atoms. The lowest BCUT2D eigenvalue weighted by Gasteiger charge is -2.27. The van der Waals surface area contributed by atoms with Crippen LogP contribution in [0.5, 0.6) is 17.2 Å². The normalized spacial score (nSPS) is 11.1. The Morgan fingerprint density at radius 3 is 1.69 bits per heavy atom. The first-order valence-electron chi connectivity index (χ1n) is 9.96. The SMILES string of the molecule is [B]c1c([B])c([B])c(C(=O)N(c2ccc(OC)cc2)S(=O)(=O)c2ccc(OC)cc2OC)c([B])c1[B].